The Labute approximate surface area is 241 Å². The minimum atomic E-state index is -1.24. The Balaban J connectivity index is 1.45. The zero-order chi connectivity index (χ0) is 30.2. The summed E-state index contributed by atoms with van der Waals surface area (Å²) in [6.45, 7) is 3.45. The maximum Gasteiger partial charge on any atom is 0.326 e. The van der Waals surface area contributed by atoms with Crippen LogP contribution in [0.4, 0.5) is 0 Å². The molecule has 3 heterocycles. The molecule has 4 aromatic rings. The number of amides is 3. The van der Waals surface area contributed by atoms with E-state index >= 15 is 0 Å². The van der Waals surface area contributed by atoms with Gasteiger partial charge in [-0.3, -0.25) is 14.4 Å². The van der Waals surface area contributed by atoms with Crippen LogP contribution in [0.15, 0.2) is 55.5 Å². The summed E-state index contributed by atoms with van der Waals surface area (Å²) < 4.78 is 0. The van der Waals surface area contributed by atoms with Gasteiger partial charge in [0.2, 0.25) is 17.7 Å². The summed E-state index contributed by atoms with van der Waals surface area (Å²) in [4.78, 5) is 68.6. The van der Waals surface area contributed by atoms with Gasteiger partial charge in [-0.15, -0.1) is 0 Å². The van der Waals surface area contributed by atoms with Gasteiger partial charge < -0.3 is 41.7 Å². The van der Waals surface area contributed by atoms with Gasteiger partial charge in [0.05, 0.1) is 18.7 Å². The van der Waals surface area contributed by atoms with E-state index in [-0.39, 0.29) is 19.3 Å². The molecule has 4 rings (SSSR count). The number of carbonyl (C=O) groups excluding carboxylic acids is 3. The van der Waals surface area contributed by atoms with Gasteiger partial charge in [-0.25, -0.2) is 14.8 Å². The molecule has 0 bridgehead atoms. The average Bonchev–Trinajstić information content (AvgIpc) is 3.74. The van der Waals surface area contributed by atoms with E-state index in [1.807, 2.05) is 24.3 Å². The molecule has 1 aromatic carbocycles. The molecule has 222 valence electrons. The number of fused-ring (bicyclic) bond motifs is 1. The minimum absolute atomic E-state index is 0.0383. The third-order valence-electron chi connectivity index (χ3n) is 6.90. The van der Waals surface area contributed by atoms with Crippen LogP contribution in [0.5, 0.6) is 0 Å². The molecule has 42 heavy (non-hydrogen) atoms. The summed E-state index contributed by atoms with van der Waals surface area (Å²) in [7, 11) is 0. The Bertz CT molecular complexity index is 1500. The van der Waals surface area contributed by atoms with Crippen LogP contribution in [0, 0.1) is 5.92 Å². The number of carbonyl (C=O) groups is 4. The number of aliphatic carboxylic acids is 1. The molecule has 0 saturated carbocycles. The zero-order valence-corrected chi connectivity index (χ0v) is 23.3. The fourth-order valence-electron chi connectivity index (χ4n) is 4.60. The molecule has 9 N–H and O–H groups in total. The number of carboxylic acids is 1. The monoisotopic (exact) mass is 577 g/mol. The number of rotatable bonds is 14. The molecule has 0 aliphatic heterocycles. The molecule has 4 atom stereocenters. The van der Waals surface area contributed by atoms with Crippen molar-refractivity contribution in [1.82, 2.24) is 40.9 Å². The smallest absolute Gasteiger partial charge is 0.326 e. The zero-order valence-electron chi connectivity index (χ0n) is 23.3. The summed E-state index contributed by atoms with van der Waals surface area (Å²) in [6, 6.07) is 3.08. The van der Waals surface area contributed by atoms with Gasteiger partial charge >= 0.3 is 5.97 Å². The van der Waals surface area contributed by atoms with Crippen molar-refractivity contribution in [3.05, 3.63) is 72.5 Å². The Hall–Kier alpha value is -4.98. The lowest BCUT2D eigenvalue weighted by Gasteiger charge is -2.27. The highest BCUT2D eigenvalue weighted by molar-refractivity contribution is 5.94. The van der Waals surface area contributed by atoms with Crippen molar-refractivity contribution in [1.29, 1.82) is 0 Å². The van der Waals surface area contributed by atoms with Crippen molar-refractivity contribution >= 4 is 34.6 Å². The van der Waals surface area contributed by atoms with Gasteiger partial charge in [-0.2, -0.15) is 0 Å². The van der Waals surface area contributed by atoms with Gasteiger partial charge in [-0.1, -0.05) is 32.0 Å². The molecule has 14 nitrogen and oxygen atoms in total. The van der Waals surface area contributed by atoms with E-state index in [0.29, 0.717) is 11.4 Å². The topological polar surface area (TPSA) is 224 Å². The summed E-state index contributed by atoms with van der Waals surface area (Å²) in [5, 5.41) is 18.7. The molecule has 0 saturated heterocycles. The lowest BCUT2D eigenvalue weighted by Crippen LogP contribution is -2.59. The number of para-hydroxylation sites is 1. The largest absolute Gasteiger partial charge is 0.480 e. The minimum Gasteiger partial charge on any atom is -0.480 e. The fourth-order valence-corrected chi connectivity index (χ4v) is 4.60. The van der Waals surface area contributed by atoms with Crippen LogP contribution < -0.4 is 21.7 Å². The second-order valence-electron chi connectivity index (χ2n) is 10.4. The Morgan fingerprint density at radius 3 is 2.10 bits per heavy atom. The van der Waals surface area contributed by atoms with Crippen molar-refractivity contribution in [3.8, 4) is 0 Å². The maximum absolute atomic E-state index is 13.5. The molecular formula is C28H35N9O5. The van der Waals surface area contributed by atoms with Crippen LogP contribution >= 0.6 is 0 Å². The molecule has 0 spiro atoms. The quantitative estimate of drug-likeness (QED) is 0.103. The lowest BCUT2D eigenvalue weighted by atomic mass is 10.00. The highest BCUT2D eigenvalue weighted by Crippen LogP contribution is 2.19. The third kappa shape index (κ3) is 7.60. The number of H-pyrrole nitrogens is 3. The summed E-state index contributed by atoms with van der Waals surface area (Å²) in [5.41, 5.74) is 8.89. The summed E-state index contributed by atoms with van der Waals surface area (Å²) in [5.74, 6) is -3.47. The number of imidazole rings is 2. The predicted octanol–water partition coefficient (Wildman–Crippen LogP) is 0.164. The van der Waals surface area contributed by atoms with Crippen LogP contribution in [0.25, 0.3) is 10.9 Å². The van der Waals surface area contributed by atoms with Gasteiger partial charge in [0.1, 0.15) is 18.1 Å². The van der Waals surface area contributed by atoms with E-state index in [9.17, 15) is 24.3 Å². The van der Waals surface area contributed by atoms with Gasteiger partial charge in [0, 0.05) is 60.1 Å². The molecule has 4 unspecified atom stereocenters. The highest BCUT2D eigenvalue weighted by atomic mass is 16.4. The highest BCUT2D eigenvalue weighted by Gasteiger charge is 2.32. The SMILES string of the molecule is CC(C)C(NC(=O)C(Cc1cnc[nH]1)NC(=O)C(N)Cc1cnc[nH]1)C(=O)NC(Cc1c[nH]c2ccccc12)C(=O)O. The van der Waals surface area contributed by atoms with E-state index in [0.717, 1.165) is 16.5 Å². The van der Waals surface area contributed by atoms with Gasteiger partial charge in [0.25, 0.3) is 0 Å². The number of aromatic amines is 3. The number of hydrogen-bond donors (Lipinski definition) is 8. The second kappa shape index (κ2) is 13.6. The van der Waals surface area contributed by atoms with Crippen molar-refractivity contribution in [2.24, 2.45) is 11.7 Å². The first-order valence-corrected chi connectivity index (χ1v) is 13.5. The number of hydrogen-bond acceptors (Lipinski definition) is 7. The van der Waals surface area contributed by atoms with Crippen molar-refractivity contribution in [2.45, 2.75) is 57.3 Å². The van der Waals surface area contributed by atoms with Crippen LogP contribution in [-0.4, -0.2) is 77.9 Å². The lowest BCUT2D eigenvalue weighted by molar-refractivity contribution is -0.142. The number of nitrogens with zero attached hydrogens (tertiary/aromatic N) is 2. The van der Waals surface area contributed by atoms with Crippen LogP contribution in [-0.2, 0) is 38.4 Å². The Morgan fingerprint density at radius 1 is 0.833 bits per heavy atom. The molecule has 0 radical (unpaired) electrons. The fraction of sp³-hybridized carbons (Fsp3) is 0.357. The number of carboxylic acid groups (broad SMARTS) is 1. The van der Waals surface area contributed by atoms with E-state index in [2.05, 4.69) is 40.9 Å². The van der Waals surface area contributed by atoms with Crippen LogP contribution in [0.2, 0.25) is 0 Å². The third-order valence-corrected chi connectivity index (χ3v) is 6.90. The van der Waals surface area contributed by atoms with Crippen molar-refractivity contribution in [2.75, 3.05) is 0 Å². The van der Waals surface area contributed by atoms with E-state index in [1.54, 1.807) is 26.2 Å². The summed E-state index contributed by atoms with van der Waals surface area (Å²) >= 11 is 0. The van der Waals surface area contributed by atoms with E-state index in [4.69, 9.17) is 5.73 Å². The number of benzene rings is 1. The van der Waals surface area contributed by atoms with Crippen molar-refractivity contribution in [3.63, 3.8) is 0 Å². The number of aromatic nitrogens is 5. The number of nitrogens with two attached hydrogens (primary N) is 1. The molecule has 0 aliphatic rings. The molecule has 3 aromatic heterocycles. The molecule has 0 fully saturated rings. The Morgan fingerprint density at radius 2 is 1.48 bits per heavy atom. The molecule has 0 aliphatic carbocycles. The molecule has 3 amide bonds. The molecular weight excluding hydrogens is 542 g/mol. The second-order valence-corrected chi connectivity index (χ2v) is 10.4. The van der Waals surface area contributed by atoms with Gasteiger partial charge in [0.15, 0.2) is 0 Å². The Kier molecular flexibility index (Phi) is 9.70. The van der Waals surface area contributed by atoms with E-state index in [1.165, 1.54) is 18.9 Å². The first kappa shape index (κ1) is 30.0. The first-order chi connectivity index (χ1) is 20.1. The van der Waals surface area contributed by atoms with Gasteiger partial charge in [-0.05, 0) is 17.5 Å². The average molecular weight is 578 g/mol. The van der Waals surface area contributed by atoms with Crippen LogP contribution in [0.1, 0.15) is 30.8 Å². The van der Waals surface area contributed by atoms with E-state index < -0.39 is 53.8 Å². The number of nitrogens with one attached hydrogen (secondary N) is 6. The van der Waals surface area contributed by atoms with Crippen molar-refractivity contribution < 1.29 is 24.3 Å². The van der Waals surface area contributed by atoms with Crippen LogP contribution in [0.3, 0.4) is 0 Å². The first-order valence-electron chi connectivity index (χ1n) is 13.5. The standard InChI is InChI=1S/C28H35N9O5/c1-15(2)24(27(40)36-23(28(41)42)7-16-10-32-21-6-4-3-5-19(16)21)37-26(39)22(9-18-12-31-14-34-18)35-25(38)20(29)8-17-11-30-13-33-17/h3-6,10-15,20,22-24,32H,7-9,29H2,1-2H3,(H,30,33)(H,31,34)(H,35,38)(H,36,40)(H,37,39)(H,41,42). The normalized spacial score (nSPS) is 14.2. The summed E-state index contributed by atoms with van der Waals surface area (Å²) in [6.07, 6.45) is 7.97. The predicted molar refractivity (Wildman–Crippen MR) is 153 cm³/mol. The molecule has 14 heteroatoms. The maximum atomic E-state index is 13.5.